The number of para-hydroxylation sites is 1. The number of carbonyl (C=O) groups excluding carboxylic acids is 1. The molecule has 0 unspecified atom stereocenters. The fraction of sp³-hybridized carbons (Fsp3) is 0.462. The lowest BCUT2D eigenvalue weighted by atomic mass is 10.1. The van der Waals surface area contributed by atoms with E-state index in [0.717, 1.165) is 5.56 Å². The molecule has 4 nitrogen and oxygen atoms in total. The summed E-state index contributed by atoms with van der Waals surface area (Å²) in [6.07, 6.45) is 0. The summed E-state index contributed by atoms with van der Waals surface area (Å²) < 4.78 is 5.51. The van der Waals surface area contributed by atoms with Gasteiger partial charge < -0.3 is 15.4 Å². The monoisotopic (exact) mass is 236 g/mol. The number of ether oxygens (including phenoxy) is 1. The van der Waals surface area contributed by atoms with Gasteiger partial charge in [0.2, 0.25) is 0 Å². The van der Waals surface area contributed by atoms with Crippen LogP contribution in [0.15, 0.2) is 24.3 Å². The van der Waals surface area contributed by atoms with Crippen LogP contribution in [0.5, 0.6) is 5.75 Å². The van der Waals surface area contributed by atoms with Crippen molar-refractivity contribution < 1.29 is 9.53 Å². The molecule has 0 aromatic heterocycles. The fourth-order valence-corrected chi connectivity index (χ4v) is 1.41. The topological polar surface area (TPSA) is 55.6 Å². The van der Waals surface area contributed by atoms with Crippen molar-refractivity contribution in [3.05, 3.63) is 29.8 Å². The Morgan fingerprint density at radius 3 is 2.71 bits per heavy atom. The quantitative estimate of drug-likeness (QED) is 0.844. The number of benzene rings is 1. The van der Waals surface area contributed by atoms with E-state index in [1.54, 1.807) is 11.9 Å². The fourth-order valence-electron chi connectivity index (χ4n) is 1.41. The maximum atomic E-state index is 11.6. The minimum atomic E-state index is -0.106. The number of nitrogens with two attached hydrogens (primary N) is 1. The van der Waals surface area contributed by atoms with E-state index in [1.807, 2.05) is 38.1 Å². The van der Waals surface area contributed by atoms with E-state index in [2.05, 4.69) is 0 Å². The van der Waals surface area contributed by atoms with Crippen LogP contribution in [0, 0.1) is 0 Å². The second-order valence-electron chi connectivity index (χ2n) is 4.02. The highest BCUT2D eigenvalue weighted by Gasteiger charge is 2.11. The Morgan fingerprint density at radius 1 is 1.47 bits per heavy atom. The van der Waals surface area contributed by atoms with Crippen molar-refractivity contribution in [2.75, 3.05) is 20.2 Å². The predicted molar refractivity (Wildman–Crippen MR) is 67.9 cm³/mol. The van der Waals surface area contributed by atoms with Gasteiger partial charge in [0, 0.05) is 25.2 Å². The molecule has 1 aromatic carbocycles. The first kappa shape index (κ1) is 13.5. The Balaban J connectivity index is 2.66. The Morgan fingerprint density at radius 2 is 2.12 bits per heavy atom. The molecule has 94 valence electrons. The van der Waals surface area contributed by atoms with Gasteiger partial charge in [-0.05, 0) is 19.9 Å². The molecule has 0 saturated heterocycles. The normalized spacial score (nSPS) is 12.0. The first-order valence-corrected chi connectivity index (χ1v) is 5.77. The van der Waals surface area contributed by atoms with Crippen LogP contribution in [0.25, 0.3) is 0 Å². The highest BCUT2D eigenvalue weighted by atomic mass is 16.5. The molecule has 0 aliphatic carbocycles. The van der Waals surface area contributed by atoms with E-state index >= 15 is 0 Å². The zero-order valence-corrected chi connectivity index (χ0v) is 10.6. The first-order chi connectivity index (χ1) is 8.06. The number of amides is 1. The van der Waals surface area contributed by atoms with E-state index in [9.17, 15) is 4.79 Å². The summed E-state index contributed by atoms with van der Waals surface area (Å²) >= 11 is 0. The molecule has 0 aliphatic rings. The molecule has 0 fully saturated rings. The van der Waals surface area contributed by atoms with E-state index < -0.39 is 0 Å². The third-order valence-electron chi connectivity index (χ3n) is 2.66. The van der Waals surface area contributed by atoms with Crippen molar-refractivity contribution >= 4 is 5.91 Å². The van der Waals surface area contributed by atoms with Crippen molar-refractivity contribution in [3.63, 3.8) is 0 Å². The maximum absolute atomic E-state index is 11.6. The molecule has 1 atom stereocenters. The second kappa shape index (κ2) is 6.25. The van der Waals surface area contributed by atoms with E-state index in [-0.39, 0.29) is 18.6 Å². The van der Waals surface area contributed by atoms with Gasteiger partial charge in [-0.25, -0.2) is 0 Å². The van der Waals surface area contributed by atoms with Gasteiger partial charge in [-0.2, -0.15) is 0 Å². The molecular formula is C13H20N2O2. The Bertz CT molecular complexity index is 377. The van der Waals surface area contributed by atoms with Crippen molar-refractivity contribution in [1.29, 1.82) is 0 Å². The molecule has 1 aromatic rings. The minimum absolute atomic E-state index is 0.0352. The van der Waals surface area contributed by atoms with E-state index in [1.165, 1.54) is 0 Å². The number of rotatable bonds is 5. The van der Waals surface area contributed by atoms with Gasteiger partial charge in [0.15, 0.2) is 6.61 Å². The summed E-state index contributed by atoms with van der Waals surface area (Å²) in [7, 11) is 1.75. The van der Waals surface area contributed by atoms with Crippen LogP contribution in [-0.4, -0.2) is 31.0 Å². The number of nitrogens with zero attached hydrogens (tertiary/aromatic N) is 1. The molecule has 1 amide bonds. The van der Waals surface area contributed by atoms with Crippen molar-refractivity contribution in [2.45, 2.75) is 19.9 Å². The average molecular weight is 236 g/mol. The van der Waals surface area contributed by atoms with Crippen LogP contribution in [-0.2, 0) is 4.79 Å². The summed E-state index contributed by atoms with van der Waals surface area (Å²) in [5.41, 5.74) is 6.75. The predicted octanol–water partition coefficient (Wildman–Crippen LogP) is 1.56. The lowest BCUT2D eigenvalue weighted by Gasteiger charge is -2.17. The van der Waals surface area contributed by atoms with Crippen LogP contribution in [0.3, 0.4) is 0 Å². The largest absolute Gasteiger partial charge is 0.483 e. The van der Waals surface area contributed by atoms with Crippen LogP contribution in [0.4, 0.5) is 0 Å². The number of carbonyl (C=O) groups is 1. The second-order valence-corrected chi connectivity index (χ2v) is 4.02. The van der Waals surface area contributed by atoms with Crippen molar-refractivity contribution in [2.24, 2.45) is 5.73 Å². The van der Waals surface area contributed by atoms with Gasteiger partial charge in [-0.15, -0.1) is 0 Å². The number of hydrogen-bond acceptors (Lipinski definition) is 3. The van der Waals surface area contributed by atoms with Gasteiger partial charge in [-0.1, -0.05) is 18.2 Å². The molecule has 2 N–H and O–H groups in total. The summed E-state index contributed by atoms with van der Waals surface area (Å²) in [6, 6.07) is 7.41. The molecule has 17 heavy (non-hydrogen) atoms. The van der Waals surface area contributed by atoms with Crippen molar-refractivity contribution in [3.8, 4) is 5.75 Å². The molecule has 0 saturated carbocycles. The molecular weight excluding hydrogens is 216 g/mol. The lowest BCUT2D eigenvalue weighted by molar-refractivity contribution is -0.131. The summed E-state index contributed by atoms with van der Waals surface area (Å²) in [5.74, 6) is 0.646. The van der Waals surface area contributed by atoms with Gasteiger partial charge in [0.05, 0.1) is 0 Å². The molecule has 1 rings (SSSR count). The van der Waals surface area contributed by atoms with E-state index in [0.29, 0.717) is 12.3 Å². The van der Waals surface area contributed by atoms with Crippen LogP contribution in [0.1, 0.15) is 25.5 Å². The van der Waals surface area contributed by atoms with Crippen LogP contribution in [0.2, 0.25) is 0 Å². The zero-order valence-electron chi connectivity index (χ0n) is 10.6. The third kappa shape index (κ3) is 3.75. The Labute approximate surface area is 102 Å². The SMILES string of the molecule is CCN(C)C(=O)COc1ccccc1[C@H](C)N. The van der Waals surface area contributed by atoms with Crippen LogP contribution < -0.4 is 10.5 Å². The molecule has 0 spiro atoms. The summed E-state index contributed by atoms with van der Waals surface area (Å²) in [4.78, 5) is 13.2. The average Bonchev–Trinajstić information content (AvgIpc) is 2.35. The lowest BCUT2D eigenvalue weighted by Crippen LogP contribution is -2.31. The van der Waals surface area contributed by atoms with Crippen molar-refractivity contribution in [1.82, 2.24) is 4.90 Å². The summed E-state index contributed by atoms with van der Waals surface area (Å²) in [6.45, 7) is 4.54. The molecule has 0 radical (unpaired) electrons. The Kier molecular flexibility index (Phi) is 4.97. The van der Waals surface area contributed by atoms with Gasteiger partial charge in [0.25, 0.3) is 5.91 Å². The molecule has 0 bridgehead atoms. The summed E-state index contributed by atoms with van der Waals surface area (Å²) in [5, 5.41) is 0. The molecule has 0 aliphatic heterocycles. The van der Waals surface area contributed by atoms with E-state index in [4.69, 9.17) is 10.5 Å². The third-order valence-corrected chi connectivity index (χ3v) is 2.66. The standard InChI is InChI=1S/C13H20N2O2/c1-4-15(3)13(16)9-17-12-8-6-5-7-11(12)10(2)14/h5-8,10H,4,9,14H2,1-3H3/t10-/m0/s1. The first-order valence-electron chi connectivity index (χ1n) is 5.77. The maximum Gasteiger partial charge on any atom is 0.260 e. The minimum Gasteiger partial charge on any atom is -0.483 e. The van der Waals surface area contributed by atoms with Gasteiger partial charge >= 0.3 is 0 Å². The molecule has 4 heteroatoms. The highest BCUT2D eigenvalue weighted by Crippen LogP contribution is 2.22. The van der Waals surface area contributed by atoms with Crippen LogP contribution >= 0.6 is 0 Å². The molecule has 0 heterocycles. The smallest absolute Gasteiger partial charge is 0.260 e. The number of likely N-dealkylation sites (N-methyl/N-ethyl adjacent to an activating group) is 1. The zero-order chi connectivity index (χ0) is 12.8. The highest BCUT2D eigenvalue weighted by molar-refractivity contribution is 5.77. The Hall–Kier alpha value is -1.55. The van der Waals surface area contributed by atoms with Gasteiger partial charge in [0.1, 0.15) is 5.75 Å². The van der Waals surface area contributed by atoms with Gasteiger partial charge in [-0.3, -0.25) is 4.79 Å². The number of hydrogen-bond donors (Lipinski definition) is 1.